The Morgan fingerprint density at radius 2 is 2.04 bits per heavy atom. The van der Waals surface area contributed by atoms with Crippen LogP contribution in [0.1, 0.15) is 27.7 Å². The van der Waals surface area contributed by atoms with E-state index in [1.165, 1.54) is 22.2 Å². The van der Waals surface area contributed by atoms with E-state index in [2.05, 4.69) is 21.9 Å². The number of nitrogens with one attached hydrogen (secondary N) is 1. The molecular formula is C20H25N5OS. The molecule has 0 aliphatic heterocycles. The first-order valence-electron chi connectivity index (χ1n) is 8.73. The molecule has 0 amide bonds. The molecule has 0 aliphatic carbocycles. The molecule has 142 valence electrons. The van der Waals surface area contributed by atoms with Crippen LogP contribution >= 0.6 is 11.3 Å². The van der Waals surface area contributed by atoms with Crippen LogP contribution in [0.2, 0.25) is 0 Å². The average molecular weight is 384 g/mol. The lowest BCUT2D eigenvalue weighted by Crippen LogP contribution is -2.18. The molecule has 3 aromatic heterocycles. The predicted molar refractivity (Wildman–Crippen MR) is 115 cm³/mol. The largest absolute Gasteiger partial charge is 0.372 e. The fourth-order valence-corrected chi connectivity index (χ4v) is 3.21. The van der Waals surface area contributed by atoms with Gasteiger partial charge in [0.15, 0.2) is 0 Å². The lowest BCUT2D eigenvalue weighted by molar-refractivity contribution is 0.770. The molecule has 0 unspecified atom stereocenters. The number of fused-ring (bicyclic) bond motifs is 3. The molecule has 0 spiro atoms. The van der Waals surface area contributed by atoms with Crippen molar-refractivity contribution in [2.24, 2.45) is 0 Å². The normalized spacial score (nSPS) is 9.89. The van der Waals surface area contributed by atoms with E-state index in [0.29, 0.717) is 16.8 Å². The van der Waals surface area contributed by atoms with Gasteiger partial charge >= 0.3 is 0 Å². The Morgan fingerprint density at radius 3 is 2.63 bits per heavy atom. The number of anilines is 1. The summed E-state index contributed by atoms with van der Waals surface area (Å²) in [5.41, 5.74) is 1.28. The molecular weight excluding hydrogens is 358 g/mol. The van der Waals surface area contributed by atoms with E-state index in [4.69, 9.17) is 5.26 Å². The van der Waals surface area contributed by atoms with E-state index < -0.39 is 0 Å². The quantitative estimate of drug-likeness (QED) is 0.520. The Bertz CT molecular complexity index is 1010. The van der Waals surface area contributed by atoms with Gasteiger partial charge in [-0.05, 0) is 19.9 Å². The molecule has 0 fully saturated rings. The minimum Gasteiger partial charge on any atom is -0.372 e. The van der Waals surface area contributed by atoms with Crippen LogP contribution in [0.4, 0.5) is 5.69 Å². The van der Waals surface area contributed by atoms with Gasteiger partial charge in [0.05, 0.1) is 23.3 Å². The van der Waals surface area contributed by atoms with Crippen LogP contribution in [-0.4, -0.2) is 21.1 Å². The molecule has 0 radical (unpaired) electrons. The van der Waals surface area contributed by atoms with Gasteiger partial charge in [-0.1, -0.05) is 32.1 Å². The van der Waals surface area contributed by atoms with Crippen molar-refractivity contribution in [3.05, 3.63) is 53.8 Å². The SMILES string of the molecule is C/C=C/C.C=CCn1cnc2c(sc3nccc(NCC#N)c32)c1=O.CC. The van der Waals surface area contributed by atoms with Gasteiger partial charge < -0.3 is 5.32 Å². The van der Waals surface area contributed by atoms with Gasteiger partial charge in [-0.15, -0.1) is 17.9 Å². The molecule has 3 rings (SSSR count). The number of thiophene rings is 1. The summed E-state index contributed by atoms with van der Waals surface area (Å²) in [5, 5.41) is 12.5. The maximum atomic E-state index is 12.4. The smallest absolute Gasteiger partial charge is 0.271 e. The summed E-state index contributed by atoms with van der Waals surface area (Å²) in [6.07, 6.45) is 8.82. The van der Waals surface area contributed by atoms with Gasteiger partial charge in [0.25, 0.3) is 5.56 Å². The van der Waals surface area contributed by atoms with Crippen LogP contribution in [0, 0.1) is 11.3 Å². The first-order valence-corrected chi connectivity index (χ1v) is 9.55. The molecule has 0 bridgehead atoms. The predicted octanol–water partition coefficient (Wildman–Crippen LogP) is 4.74. The van der Waals surface area contributed by atoms with Gasteiger partial charge in [-0.3, -0.25) is 9.36 Å². The second-order valence-corrected chi connectivity index (χ2v) is 5.99. The molecule has 3 heterocycles. The van der Waals surface area contributed by atoms with Gasteiger partial charge in [-0.25, -0.2) is 9.97 Å². The highest BCUT2D eigenvalue weighted by molar-refractivity contribution is 7.25. The zero-order valence-electron chi connectivity index (χ0n) is 16.2. The van der Waals surface area contributed by atoms with Crippen molar-refractivity contribution in [3.63, 3.8) is 0 Å². The van der Waals surface area contributed by atoms with Crippen molar-refractivity contribution in [1.82, 2.24) is 14.5 Å². The third kappa shape index (κ3) is 5.25. The Hall–Kier alpha value is -2.98. The molecule has 1 N–H and O–H groups in total. The van der Waals surface area contributed by atoms with E-state index >= 15 is 0 Å². The number of hydrogen-bond acceptors (Lipinski definition) is 6. The zero-order valence-corrected chi connectivity index (χ0v) is 17.0. The fraction of sp³-hybridized carbons (Fsp3) is 0.300. The van der Waals surface area contributed by atoms with Crippen molar-refractivity contribution in [2.75, 3.05) is 11.9 Å². The number of rotatable bonds is 4. The maximum Gasteiger partial charge on any atom is 0.271 e. The number of allylic oxidation sites excluding steroid dienone is 3. The fourth-order valence-electron chi connectivity index (χ4n) is 2.14. The van der Waals surface area contributed by atoms with E-state index in [-0.39, 0.29) is 12.1 Å². The van der Waals surface area contributed by atoms with E-state index in [1.54, 1.807) is 18.3 Å². The monoisotopic (exact) mass is 383 g/mol. The Morgan fingerprint density at radius 1 is 1.33 bits per heavy atom. The van der Waals surface area contributed by atoms with Crippen molar-refractivity contribution < 1.29 is 0 Å². The Labute approximate surface area is 163 Å². The summed E-state index contributed by atoms with van der Waals surface area (Å²) in [6, 6.07) is 3.81. The van der Waals surface area contributed by atoms with Crippen LogP contribution in [-0.2, 0) is 6.54 Å². The molecule has 0 saturated carbocycles. The topological polar surface area (TPSA) is 83.6 Å². The van der Waals surface area contributed by atoms with Crippen molar-refractivity contribution in [1.29, 1.82) is 5.26 Å². The molecule has 0 aliphatic rings. The summed E-state index contributed by atoms with van der Waals surface area (Å²) < 4.78 is 2.07. The Kier molecular flexibility index (Phi) is 9.48. The van der Waals surface area contributed by atoms with E-state index in [9.17, 15) is 4.79 Å². The van der Waals surface area contributed by atoms with Crippen LogP contribution in [0.5, 0.6) is 0 Å². The van der Waals surface area contributed by atoms with Crippen LogP contribution < -0.4 is 10.9 Å². The maximum absolute atomic E-state index is 12.4. The number of hydrogen-bond donors (Lipinski definition) is 1. The number of nitrogens with zero attached hydrogens (tertiary/aromatic N) is 4. The number of aromatic nitrogens is 3. The van der Waals surface area contributed by atoms with E-state index in [1.807, 2.05) is 45.9 Å². The highest BCUT2D eigenvalue weighted by Gasteiger charge is 2.15. The highest BCUT2D eigenvalue weighted by atomic mass is 32.1. The molecule has 7 heteroatoms. The Balaban J connectivity index is 0.000000541. The standard InChI is InChI=1S/C14H11N5OS.C4H8.C2H6/c1-2-7-19-8-18-11-10-9(16-6-4-15)3-5-17-13(10)21-12(11)14(19)20;1-3-4-2;1-2/h2-3,5,8H,1,6-7H2,(H,16,17);3-4H,1-2H3;1-2H3/b;4-3+;. The number of pyridine rings is 1. The number of nitriles is 1. The minimum absolute atomic E-state index is 0.103. The summed E-state index contributed by atoms with van der Waals surface area (Å²) >= 11 is 1.31. The minimum atomic E-state index is -0.103. The van der Waals surface area contributed by atoms with Crippen LogP contribution in [0.15, 0.2) is 48.2 Å². The lowest BCUT2D eigenvalue weighted by atomic mass is 10.2. The average Bonchev–Trinajstić information content (AvgIpc) is 3.10. The highest BCUT2D eigenvalue weighted by Crippen LogP contribution is 2.33. The van der Waals surface area contributed by atoms with Crippen molar-refractivity contribution in [3.8, 4) is 6.07 Å². The van der Waals surface area contributed by atoms with Crippen LogP contribution in [0.25, 0.3) is 20.4 Å². The molecule has 6 nitrogen and oxygen atoms in total. The summed E-state index contributed by atoms with van der Waals surface area (Å²) in [6.45, 7) is 12.2. The molecule has 0 atom stereocenters. The van der Waals surface area contributed by atoms with Gasteiger partial charge in [0.1, 0.15) is 16.1 Å². The lowest BCUT2D eigenvalue weighted by Gasteiger charge is -2.04. The summed E-state index contributed by atoms with van der Waals surface area (Å²) in [7, 11) is 0. The molecule has 0 aromatic carbocycles. The molecule has 0 saturated heterocycles. The summed E-state index contributed by atoms with van der Waals surface area (Å²) in [5.74, 6) is 0. The van der Waals surface area contributed by atoms with Crippen molar-refractivity contribution in [2.45, 2.75) is 34.2 Å². The zero-order chi connectivity index (χ0) is 20.2. The van der Waals surface area contributed by atoms with Crippen LogP contribution in [0.3, 0.4) is 0 Å². The first-order chi connectivity index (χ1) is 13.2. The van der Waals surface area contributed by atoms with E-state index in [0.717, 1.165) is 15.9 Å². The third-order valence-corrected chi connectivity index (χ3v) is 4.44. The third-order valence-electron chi connectivity index (χ3n) is 3.37. The first kappa shape index (κ1) is 22.1. The summed E-state index contributed by atoms with van der Waals surface area (Å²) in [4.78, 5) is 21.8. The molecule has 27 heavy (non-hydrogen) atoms. The van der Waals surface area contributed by atoms with Gasteiger partial charge in [0.2, 0.25) is 0 Å². The van der Waals surface area contributed by atoms with Gasteiger partial charge in [0, 0.05) is 18.4 Å². The van der Waals surface area contributed by atoms with Gasteiger partial charge in [-0.2, -0.15) is 5.26 Å². The molecule has 3 aromatic rings. The second kappa shape index (κ2) is 11.6. The second-order valence-electron chi connectivity index (χ2n) is 4.99. The van der Waals surface area contributed by atoms with Crippen molar-refractivity contribution >= 4 is 37.5 Å².